The molecule has 0 aliphatic heterocycles. The Hall–Kier alpha value is -4.57. The standard InChI is InChI=1S/C33H24O4/c1-21(34)37-20-33-26-18-10-8-16-24(26)28(25-17-9-11-19-27(25)33)29(31(35)22-12-4-2-5-13-22)30(33)32(36)23-14-6-3-7-15-23/h2-19,28H,20H2,1H3. The molecule has 0 fully saturated rings. The highest BCUT2D eigenvalue weighted by Gasteiger charge is 2.57. The summed E-state index contributed by atoms with van der Waals surface area (Å²) < 4.78 is 5.73. The Kier molecular flexibility index (Phi) is 5.45. The Labute approximate surface area is 215 Å². The summed E-state index contributed by atoms with van der Waals surface area (Å²) in [5, 5.41) is 0. The van der Waals surface area contributed by atoms with Crippen molar-refractivity contribution in [1.29, 1.82) is 0 Å². The number of hydrogen-bond donors (Lipinski definition) is 0. The highest BCUT2D eigenvalue weighted by Crippen LogP contribution is 2.60. The predicted octanol–water partition coefficient (Wildman–Crippen LogP) is 6.06. The third-order valence-electron chi connectivity index (χ3n) is 7.48. The molecule has 3 aliphatic rings. The van der Waals surface area contributed by atoms with E-state index in [-0.39, 0.29) is 18.2 Å². The summed E-state index contributed by atoms with van der Waals surface area (Å²) in [6.45, 7) is 1.28. The van der Waals surface area contributed by atoms with E-state index in [1.54, 1.807) is 24.3 Å². The van der Waals surface area contributed by atoms with Gasteiger partial charge in [0, 0.05) is 35.1 Å². The number of esters is 1. The first-order valence-electron chi connectivity index (χ1n) is 12.3. The predicted molar refractivity (Wildman–Crippen MR) is 141 cm³/mol. The molecule has 0 N–H and O–H groups in total. The van der Waals surface area contributed by atoms with Gasteiger partial charge in [0.1, 0.15) is 6.61 Å². The molecule has 0 atom stereocenters. The molecule has 0 saturated heterocycles. The van der Waals surface area contributed by atoms with Crippen molar-refractivity contribution >= 4 is 17.5 Å². The van der Waals surface area contributed by atoms with Crippen LogP contribution in [0.25, 0.3) is 0 Å². The van der Waals surface area contributed by atoms with Crippen LogP contribution in [-0.4, -0.2) is 24.1 Å². The van der Waals surface area contributed by atoms with Crippen LogP contribution in [0, 0.1) is 0 Å². The smallest absolute Gasteiger partial charge is 0.302 e. The maximum absolute atomic E-state index is 14.5. The van der Waals surface area contributed by atoms with E-state index in [9.17, 15) is 14.4 Å². The van der Waals surface area contributed by atoms with E-state index in [1.807, 2.05) is 84.9 Å². The van der Waals surface area contributed by atoms with E-state index in [1.165, 1.54) is 6.92 Å². The van der Waals surface area contributed by atoms with E-state index < -0.39 is 17.3 Å². The van der Waals surface area contributed by atoms with Crippen LogP contribution >= 0.6 is 0 Å². The van der Waals surface area contributed by atoms with Crippen LogP contribution in [0.2, 0.25) is 0 Å². The van der Waals surface area contributed by atoms with Crippen molar-refractivity contribution in [2.45, 2.75) is 18.3 Å². The van der Waals surface area contributed by atoms with Crippen molar-refractivity contribution < 1.29 is 19.1 Å². The summed E-state index contributed by atoms with van der Waals surface area (Å²) in [5.41, 5.74) is 4.41. The van der Waals surface area contributed by atoms with E-state index in [0.29, 0.717) is 22.3 Å². The number of rotatable bonds is 6. The molecule has 180 valence electrons. The number of carbonyl (C=O) groups excluding carboxylic acids is 3. The summed E-state index contributed by atoms with van der Waals surface area (Å²) in [6, 6.07) is 33.8. The third kappa shape index (κ3) is 3.40. The molecule has 0 aromatic heterocycles. The normalized spacial score (nSPS) is 19.1. The van der Waals surface area contributed by atoms with Crippen LogP contribution in [0.15, 0.2) is 120 Å². The number of Topliss-reactive ketones (excluding diaryl/α,β-unsaturated/α-hetero) is 2. The van der Waals surface area contributed by atoms with Crippen LogP contribution in [0.3, 0.4) is 0 Å². The zero-order valence-electron chi connectivity index (χ0n) is 20.3. The lowest BCUT2D eigenvalue weighted by Crippen LogP contribution is -2.49. The van der Waals surface area contributed by atoms with Crippen molar-refractivity contribution in [3.63, 3.8) is 0 Å². The second kappa shape index (κ2) is 8.82. The topological polar surface area (TPSA) is 60.4 Å². The number of benzene rings is 4. The molecule has 4 nitrogen and oxygen atoms in total. The van der Waals surface area contributed by atoms with Gasteiger partial charge < -0.3 is 4.74 Å². The largest absolute Gasteiger partial charge is 0.464 e. The van der Waals surface area contributed by atoms with Crippen molar-refractivity contribution in [1.82, 2.24) is 0 Å². The molecule has 0 heterocycles. The SMILES string of the molecule is CC(=O)OCC12C(C(=O)c3ccccc3)=C(C(=O)c3ccccc3)C(c3ccccc31)c1ccccc12. The number of ketones is 2. The molecular formula is C33H24O4. The van der Waals surface area contributed by atoms with Crippen LogP contribution in [0.5, 0.6) is 0 Å². The average molecular weight is 485 g/mol. The van der Waals surface area contributed by atoms with Gasteiger partial charge in [0.05, 0.1) is 5.41 Å². The Balaban J connectivity index is 1.74. The summed E-state index contributed by atoms with van der Waals surface area (Å²) in [7, 11) is 0. The molecule has 7 rings (SSSR count). The Morgan fingerprint density at radius 1 is 0.649 bits per heavy atom. The minimum atomic E-state index is -1.12. The van der Waals surface area contributed by atoms with Gasteiger partial charge in [-0.15, -0.1) is 0 Å². The van der Waals surface area contributed by atoms with Gasteiger partial charge in [-0.1, -0.05) is 109 Å². The second-order valence-corrected chi connectivity index (χ2v) is 9.47. The minimum Gasteiger partial charge on any atom is -0.464 e. The average Bonchev–Trinajstić information content (AvgIpc) is 2.96. The molecule has 4 aromatic rings. The fourth-order valence-electron chi connectivity index (χ4n) is 6.02. The maximum Gasteiger partial charge on any atom is 0.302 e. The zero-order chi connectivity index (χ0) is 25.6. The Bertz CT molecular complexity index is 1530. The number of carbonyl (C=O) groups is 3. The third-order valence-corrected chi connectivity index (χ3v) is 7.48. The monoisotopic (exact) mass is 484 g/mol. The molecule has 2 bridgehead atoms. The molecule has 0 radical (unpaired) electrons. The fraction of sp³-hybridized carbons (Fsp3) is 0.121. The van der Waals surface area contributed by atoms with E-state index in [0.717, 1.165) is 22.3 Å². The highest BCUT2D eigenvalue weighted by atomic mass is 16.5. The Morgan fingerprint density at radius 3 is 1.62 bits per heavy atom. The summed E-state index contributed by atoms with van der Waals surface area (Å²) >= 11 is 0. The lowest BCUT2D eigenvalue weighted by Gasteiger charge is -2.50. The van der Waals surface area contributed by atoms with Gasteiger partial charge in [0.25, 0.3) is 0 Å². The number of ether oxygens (including phenoxy) is 1. The number of hydrogen-bond acceptors (Lipinski definition) is 4. The summed E-state index contributed by atoms with van der Waals surface area (Å²) in [5.74, 6) is -1.29. The lowest BCUT2D eigenvalue weighted by atomic mass is 9.51. The first kappa shape index (κ1) is 22.9. The van der Waals surface area contributed by atoms with Gasteiger partial charge in [-0.3, -0.25) is 14.4 Å². The zero-order valence-corrected chi connectivity index (χ0v) is 20.3. The summed E-state index contributed by atoms with van der Waals surface area (Å²) in [6.07, 6.45) is 0. The van der Waals surface area contributed by atoms with E-state index >= 15 is 0 Å². The molecule has 0 unspecified atom stereocenters. The molecule has 4 aromatic carbocycles. The molecule has 0 spiro atoms. The van der Waals surface area contributed by atoms with Crippen LogP contribution in [-0.2, 0) is 14.9 Å². The molecule has 0 amide bonds. The maximum atomic E-state index is 14.5. The second-order valence-electron chi connectivity index (χ2n) is 9.47. The molecule has 0 saturated carbocycles. The van der Waals surface area contributed by atoms with E-state index in [2.05, 4.69) is 0 Å². The van der Waals surface area contributed by atoms with Gasteiger partial charge in [-0.2, -0.15) is 0 Å². The van der Waals surface area contributed by atoms with Crippen LogP contribution in [0.1, 0.15) is 55.8 Å². The first-order chi connectivity index (χ1) is 18.0. The Morgan fingerprint density at radius 2 is 1.11 bits per heavy atom. The van der Waals surface area contributed by atoms with Gasteiger partial charge >= 0.3 is 5.97 Å². The van der Waals surface area contributed by atoms with Crippen LogP contribution < -0.4 is 0 Å². The van der Waals surface area contributed by atoms with Gasteiger partial charge in [0.15, 0.2) is 11.6 Å². The van der Waals surface area contributed by atoms with Crippen molar-refractivity contribution in [3.8, 4) is 0 Å². The molecular weight excluding hydrogens is 460 g/mol. The summed E-state index contributed by atoms with van der Waals surface area (Å²) in [4.78, 5) is 40.9. The van der Waals surface area contributed by atoms with Crippen LogP contribution in [0.4, 0.5) is 0 Å². The first-order valence-corrected chi connectivity index (χ1v) is 12.3. The molecule has 37 heavy (non-hydrogen) atoms. The van der Waals surface area contributed by atoms with Gasteiger partial charge in [-0.25, -0.2) is 0 Å². The number of allylic oxidation sites excluding steroid dienone is 1. The molecule has 4 heteroatoms. The fourth-order valence-corrected chi connectivity index (χ4v) is 6.02. The lowest BCUT2D eigenvalue weighted by molar-refractivity contribution is -0.142. The van der Waals surface area contributed by atoms with Crippen molar-refractivity contribution in [2.75, 3.05) is 6.61 Å². The van der Waals surface area contributed by atoms with Crippen molar-refractivity contribution in [2.24, 2.45) is 0 Å². The highest BCUT2D eigenvalue weighted by molar-refractivity contribution is 6.21. The van der Waals surface area contributed by atoms with E-state index in [4.69, 9.17) is 4.74 Å². The quantitative estimate of drug-likeness (QED) is 0.247. The van der Waals surface area contributed by atoms with Gasteiger partial charge in [0.2, 0.25) is 0 Å². The molecule has 3 aliphatic carbocycles. The van der Waals surface area contributed by atoms with Crippen molar-refractivity contribution in [3.05, 3.63) is 154 Å². The van der Waals surface area contributed by atoms with Gasteiger partial charge in [-0.05, 0) is 22.3 Å². The minimum absolute atomic E-state index is 0.0808.